The average molecular weight is 360 g/mol. The minimum atomic E-state index is -0.805. The molecular weight excluding hydrogens is 326 g/mol. The van der Waals surface area contributed by atoms with Gasteiger partial charge in [0.25, 0.3) is 0 Å². The number of esters is 1. The normalized spacial score (nSPS) is 20.9. The van der Waals surface area contributed by atoms with E-state index >= 15 is 0 Å². The Kier molecular flexibility index (Phi) is 5.96. The van der Waals surface area contributed by atoms with Crippen LogP contribution in [0.3, 0.4) is 0 Å². The molecule has 0 aliphatic carbocycles. The van der Waals surface area contributed by atoms with E-state index in [1.165, 1.54) is 5.56 Å². The van der Waals surface area contributed by atoms with Crippen LogP contribution in [0.25, 0.3) is 0 Å². The van der Waals surface area contributed by atoms with Gasteiger partial charge in [-0.3, -0.25) is 14.5 Å². The second-order valence-corrected chi connectivity index (χ2v) is 8.86. The summed E-state index contributed by atoms with van der Waals surface area (Å²) in [5, 5.41) is 0. The maximum atomic E-state index is 13.1. The van der Waals surface area contributed by atoms with E-state index in [0.717, 1.165) is 5.56 Å². The van der Waals surface area contributed by atoms with E-state index in [9.17, 15) is 9.59 Å². The van der Waals surface area contributed by atoms with E-state index < -0.39 is 17.1 Å². The van der Waals surface area contributed by atoms with Crippen LogP contribution in [-0.4, -0.2) is 41.4 Å². The lowest BCUT2D eigenvalue weighted by molar-refractivity contribution is -0.186. The van der Waals surface area contributed by atoms with Crippen molar-refractivity contribution in [3.05, 3.63) is 35.4 Å². The highest BCUT2D eigenvalue weighted by atomic mass is 16.6. The van der Waals surface area contributed by atoms with E-state index in [-0.39, 0.29) is 11.8 Å². The third-order valence-corrected chi connectivity index (χ3v) is 5.37. The van der Waals surface area contributed by atoms with Crippen LogP contribution in [0, 0.1) is 5.41 Å². The van der Waals surface area contributed by atoms with Crippen molar-refractivity contribution in [2.45, 2.75) is 72.4 Å². The zero-order valence-electron chi connectivity index (χ0n) is 17.3. The molecule has 1 aliphatic heterocycles. The first-order valence-corrected chi connectivity index (χ1v) is 9.57. The first-order chi connectivity index (χ1) is 12.0. The summed E-state index contributed by atoms with van der Waals surface area (Å²) >= 11 is 0. The van der Waals surface area contributed by atoms with Crippen molar-refractivity contribution in [3.63, 3.8) is 0 Å². The molecule has 2 rings (SSSR count). The lowest BCUT2D eigenvalue weighted by Crippen LogP contribution is -2.63. The van der Waals surface area contributed by atoms with Crippen LogP contribution in [0.15, 0.2) is 24.3 Å². The van der Waals surface area contributed by atoms with Crippen molar-refractivity contribution in [3.8, 4) is 0 Å². The quantitative estimate of drug-likeness (QED) is 0.721. The molecule has 0 amide bonds. The van der Waals surface area contributed by atoms with Crippen molar-refractivity contribution < 1.29 is 14.3 Å². The predicted octanol–water partition coefficient (Wildman–Crippen LogP) is 3.97. The summed E-state index contributed by atoms with van der Waals surface area (Å²) in [5.41, 5.74) is 0.922. The highest BCUT2D eigenvalue weighted by Gasteiger charge is 2.50. The third kappa shape index (κ3) is 4.35. The van der Waals surface area contributed by atoms with Gasteiger partial charge in [0, 0.05) is 18.4 Å². The molecule has 1 fully saturated rings. The van der Waals surface area contributed by atoms with Crippen LogP contribution < -0.4 is 0 Å². The number of rotatable bonds is 6. The molecule has 144 valence electrons. The minimum absolute atomic E-state index is 0.0647. The second-order valence-electron chi connectivity index (χ2n) is 8.86. The van der Waals surface area contributed by atoms with Gasteiger partial charge in [0.1, 0.15) is 17.4 Å². The van der Waals surface area contributed by atoms with Gasteiger partial charge in [-0.25, -0.2) is 0 Å². The molecule has 1 aromatic carbocycles. The number of morpholine rings is 1. The van der Waals surface area contributed by atoms with Gasteiger partial charge in [-0.15, -0.1) is 0 Å². The summed E-state index contributed by atoms with van der Waals surface area (Å²) in [7, 11) is 0. The molecule has 1 aromatic rings. The highest BCUT2D eigenvalue weighted by Crippen LogP contribution is 2.34. The molecule has 1 atom stereocenters. The fraction of sp³-hybridized carbons (Fsp3) is 0.636. The van der Waals surface area contributed by atoms with Crippen molar-refractivity contribution in [2.75, 3.05) is 13.1 Å². The van der Waals surface area contributed by atoms with Gasteiger partial charge in [-0.05, 0) is 37.4 Å². The molecule has 1 saturated heterocycles. The van der Waals surface area contributed by atoms with Crippen molar-refractivity contribution in [1.29, 1.82) is 0 Å². The average Bonchev–Trinajstić information content (AvgIpc) is 2.53. The number of nitrogens with zero attached hydrogens (tertiary/aromatic N) is 1. The molecule has 26 heavy (non-hydrogen) atoms. The van der Waals surface area contributed by atoms with E-state index in [1.807, 2.05) is 46.8 Å². The highest BCUT2D eigenvalue weighted by molar-refractivity contribution is 5.93. The number of cyclic esters (lactones) is 1. The second kappa shape index (κ2) is 7.51. The molecule has 0 saturated carbocycles. The topological polar surface area (TPSA) is 46.6 Å². The molecule has 0 aromatic heterocycles. The fourth-order valence-corrected chi connectivity index (χ4v) is 3.72. The lowest BCUT2D eigenvalue weighted by Gasteiger charge is -2.47. The summed E-state index contributed by atoms with van der Waals surface area (Å²) in [6.07, 6.45) is 0.329. The fourth-order valence-electron chi connectivity index (χ4n) is 3.72. The molecule has 4 nitrogen and oxygen atoms in total. The third-order valence-electron chi connectivity index (χ3n) is 5.37. The maximum Gasteiger partial charge on any atom is 0.324 e. The van der Waals surface area contributed by atoms with Gasteiger partial charge in [0.05, 0.1) is 0 Å². The van der Waals surface area contributed by atoms with Gasteiger partial charge in [-0.2, -0.15) is 0 Å². The van der Waals surface area contributed by atoms with Gasteiger partial charge in [0.15, 0.2) is 0 Å². The number of likely N-dealkylation sites (N-methyl/N-ethyl adjacent to an activating group) is 1. The minimum Gasteiger partial charge on any atom is -0.457 e. The van der Waals surface area contributed by atoms with Crippen LogP contribution in [0.2, 0.25) is 0 Å². The Morgan fingerprint density at radius 2 is 1.85 bits per heavy atom. The Balaban J connectivity index is 2.19. The molecule has 1 unspecified atom stereocenters. The smallest absolute Gasteiger partial charge is 0.324 e. The molecule has 1 aliphatic rings. The van der Waals surface area contributed by atoms with E-state index in [4.69, 9.17) is 4.74 Å². The van der Waals surface area contributed by atoms with Crippen molar-refractivity contribution in [1.82, 2.24) is 4.90 Å². The monoisotopic (exact) mass is 359 g/mol. The summed E-state index contributed by atoms with van der Waals surface area (Å²) in [4.78, 5) is 27.8. The number of carbonyl (C=O) groups excluding carboxylic acids is 2. The molecule has 0 spiro atoms. The van der Waals surface area contributed by atoms with Crippen LogP contribution >= 0.6 is 0 Å². The Morgan fingerprint density at radius 3 is 2.35 bits per heavy atom. The molecule has 0 bridgehead atoms. The van der Waals surface area contributed by atoms with Gasteiger partial charge in [0.2, 0.25) is 0 Å². The standard InChI is InChI=1S/C22H33NO3/c1-8-23-14-21(4,5)26-20(25)19(23)22(6,7)18(24)13-16-9-11-17(12-10-16)15(2)3/h9-12,15,19H,8,13-14H2,1-7H3. The number of benzene rings is 1. The number of ketones is 1. The molecule has 0 radical (unpaired) electrons. The number of carbonyl (C=O) groups is 2. The molecule has 0 N–H and O–H groups in total. The molecule has 1 heterocycles. The van der Waals surface area contributed by atoms with Crippen molar-refractivity contribution in [2.24, 2.45) is 5.41 Å². The number of ether oxygens (including phenoxy) is 1. The summed E-state index contributed by atoms with van der Waals surface area (Å²) in [6.45, 7) is 15.2. The number of hydrogen-bond acceptors (Lipinski definition) is 4. The van der Waals surface area contributed by atoms with Crippen molar-refractivity contribution >= 4 is 11.8 Å². The first kappa shape index (κ1) is 20.6. The zero-order chi connectivity index (χ0) is 19.7. The summed E-state index contributed by atoms with van der Waals surface area (Å²) in [5.74, 6) is 0.237. The van der Waals surface area contributed by atoms with Crippen LogP contribution in [-0.2, 0) is 20.7 Å². The van der Waals surface area contributed by atoms with E-state index in [2.05, 4.69) is 30.9 Å². The Hall–Kier alpha value is -1.68. The van der Waals surface area contributed by atoms with Gasteiger partial charge < -0.3 is 4.74 Å². The number of Topliss-reactive ketones (excluding diaryl/α,β-unsaturated/α-hetero) is 1. The van der Waals surface area contributed by atoms with E-state index in [1.54, 1.807) is 0 Å². The van der Waals surface area contributed by atoms with Gasteiger partial charge >= 0.3 is 5.97 Å². The largest absolute Gasteiger partial charge is 0.457 e. The van der Waals surface area contributed by atoms with Crippen LogP contribution in [0.4, 0.5) is 0 Å². The van der Waals surface area contributed by atoms with Gasteiger partial charge in [-0.1, -0.05) is 58.9 Å². The Labute approximate surface area is 157 Å². The summed E-state index contributed by atoms with van der Waals surface area (Å²) < 4.78 is 5.61. The Morgan fingerprint density at radius 1 is 1.27 bits per heavy atom. The predicted molar refractivity (Wildman–Crippen MR) is 104 cm³/mol. The Bertz CT molecular complexity index is 658. The summed E-state index contributed by atoms with van der Waals surface area (Å²) in [6, 6.07) is 7.65. The SMILES string of the molecule is CCN1CC(C)(C)OC(=O)C1C(C)(C)C(=O)Cc1ccc(C(C)C)cc1. The zero-order valence-corrected chi connectivity index (χ0v) is 17.3. The lowest BCUT2D eigenvalue weighted by atomic mass is 9.76. The van der Waals surface area contributed by atoms with Crippen LogP contribution in [0.5, 0.6) is 0 Å². The maximum absolute atomic E-state index is 13.1. The number of hydrogen-bond donors (Lipinski definition) is 0. The van der Waals surface area contributed by atoms with Crippen LogP contribution in [0.1, 0.15) is 65.5 Å². The molecule has 4 heteroatoms. The van der Waals surface area contributed by atoms with E-state index in [0.29, 0.717) is 25.4 Å². The first-order valence-electron chi connectivity index (χ1n) is 9.57. The molecular formula is C22H33NO3.